The van der Waals surface area contributed by atoms with Crippen molar-refractivity contribution in [1.82, 2.24) is 15.3 Å². The van der Waals surface area contributed by atoms with Crippen LogP contribution in [0.1, 0.15) is 27.0 Å². The van der Waals surface area contributed by atoms with E-state index in [1.165, 1.54) is 30.6 Å². The fourth-order valence-corrected chi connectivity index (χ4v) is 3.01. The van der Waals surface area contributed by atoms with Gasteiger partial charge in [0.15, 0.2) is 0 Å². The van der Waals surface area contributed by atoms with Crippen LogP contribution >= 0.6 is 0 Å². The number of aliphatic hydroxyl groups is 1. The first-order chi connectivity index (χ1) is 16.4. The van der Waals surface area contributed by atoms with E-state index in [4.69, 9.17) is 10.5 Å². The molecule has 3 aromatic rings. The summed E-state index contributed by atoms with van der Waals surface area (Å²) in [6.45, 7) is -3.34. The van der Waals surface area contributed by atoms with Crippen molar-refractivity contribution in [3.8, 4) is 23.3 Å². The van der Waals surface area contributed by atoms with E-state index in [0.29, 0.717) is 17.7 Å². The lowest BCUT2D eigenvalue weighted by molar-refractivity contribution is -0.0498. The predicted octanol–water partition coefficient (Wildman–Crippen LogP) is 2.40. The van der Waals surface area contributed by atoms with E-state index in [1.807, 2.05) is 12.1 Å². The number of halogens is 2. The second kappa shape index (κ2) is 11.6. The number of alkyl halides is 2. The Bertz CT molecular complexity index is 1180. The van der Waals surface area contributed by atoms with E-state index in [2.05, 4.69) is 31.9 Å². The fourth-order valence-electron chi connectivity index (χ4n) is 3.01. The molecule has 176 valence electrons. The number of carbonyl (C=O) groups is 1. The summed E-state index contributed by atoms with van der Waals surface area (Å²) in [5.41, 5.74) is 7.02. The third-order valence-corrected chi connectivity index (χ3v) is 4.67. The number of anilines is 1. The van der Waals surface area contributed by atoms with Crippen molar-refractivity contribution in [2.45, 2.75) is 19.1 Å². The normalized spacial score (nSPS) is 11.3. The number of hydrogen-bond acceptors (Lipinski definition) is 7. The lowest BCUT2D eigenvalue weighted by atomic mass is 10.0. The Labute approximate surface area is 194 Å². The van der Waals surface area contributed by atoms with Gasteiger partial charge in [-0.05, 0) is 42.3 Å². The maximum Gasteiger partial charge on any atom is 0.387 e. The number of carbonyl (C=O) groups excluding carboxylic acids is 1. The molecule has 8 nitrogen and oxygen atoms in total. The van der Waals surface area contributed by atoms with Crippen LogP contribution in [0.2, 0.25) is 0 Å². The molecule has 1 aromatic heterocycles. The Balaban J connectivity index is 1.83. The molecule has 0 bridgehead atoms. The zero-order chi connectivity index (χ0) is 24.5. The van der Waals surface area contributed by atoms with Crippen LogP contribution < -0.4 is 20.5 Å². The number of ether oxygens (including phenoxy) is 2. The summed E-state index contributed by atoms with van der Waals surface area (Å²) in [6.07, 6.45) is 3.15. The summed E-state index contributed by atoms with van der Waals surface area (Å²) in [7, 11) is 1.56. The molecule has 0 aliphatic carbocycles. The van der Waals surface area contributed by atoms with Crippen molar-refractivity contribution in [2.24, 2.45) is 0 Å². The molecule has 10 heteroatoms. The molecule has 34 heavy (non-hydrogen) atoms. The van der Waals surface area contributed by atoms with Crippen molar-refractivity contribution < 1.29 is 28.2 Å². The molecule has 2 aromatic carbocycles. The molecular formula is C24H22F2N4O4. The van der Waals surface area contributed by atoms with Crippen LogP contribution in [0.15, 0.2) is 54.9 Å². The summed E-state index contributed by atoms with van der Waals surface area (Å²) in [5, 5.41) is 12.5. The van der Waals surface area contributed by atoms with Crippen LogP contribution in [-0.2, 0) is 6.42 Å². The maximum absolute atomic E-state index is 13.0. The lowest BCUT2D eigenvalue weighted by Gasteiger charge is -2.17. The van der Waals surface area contributed by atoms with Crippen LogP contribution in [0, 0.1) is 11.8 Å². The van der Waals surface area contributed by atoms with Crippen LogP contribution in [0.25, 0.3) is 0 Å². The molecule has 0 unspecified atom stereocenters. The molecule has 0 saturated heterocycles. The number of amides is 1. The quantitative estimate of drug-likeness (QED) is 0.434. The number of nitrogens with zero attached hydrogens (tertiary/aromatic N) is 2. The second-order valence-electron chi connectivity index (χ2n) is 7.07. The predicted molar refractivity (Wildman–Crippen MR) is 121 cm³/mol. The van der Waals surface area contributed by atoms with Crippen LogP contribution in [-0.4, -0.2) is 47.4 Å². The van der Waals surface area contributed by atoms with Crippen molar-refractivity contribution in [3.05, 3.63) is 77.1 Å². The van der Waals surface area contributed by atoms with Gasteiger partial charge >= 0.3 is 6.61 Å². The minimum absolute atomic E-state index is 0.0739. The van der Waals surface area contributed by atoms with Crippen LogP contribution in [0.4, 0.5) is 14.7 Å². The molecule has 3 rings (SSSR count). The van der Waals surface area contributed by atoms with Gasteiger partial charge in [-0.2, -0.15) is 8.78 Å². The number of nitrogens with two attached hydrogens (primary N) is 1. The number of benzene rings is 2. The lowest BCUT2D eigenvalue weighted by Crippen LogP contribution is -2.39. The fraction of sp³-hybridized carbons (Fsp3) is 0.208. The molecule has 1 amide bonds. The highest BCUT2D eigenvalue weighted by Gasteiger charge is 2.18. The Morgan fingerprint density at radius 1 is 1.12 bits per heavy atom. The molecule has 4 N–H and O–H groups in total. The Morgan fingerprint density at radius 2 is 1.79 bits per heavy atom. The zero-order valence-corrected chi connectivity index (χ0v) is 18.2. The summed E-state index contributed by atoms with van der Waals surface area (Å²) < 4.78 is 34.9. The molecule has 0 fully saturated rings. The van der Waals surface area contributed by atoms with Gasteiger partial charge in [0.05, 0.1) is 30.9 Å². The highest BCUT2D eigenvalue weighted by atomic mass is 19.3. The van der Waals surface area contributed by atoms with Gasteiger partial charge in [0.2, 0.25) is 5.95 Å². The Hall–Kier alpha value is -4.23. The maximum atomic E-state index is 13.0. The van der Waals surface area contributed by atoms with Crippen LogP contribution in [0.3, 0.4) is 0 Å². The summed E-state index contributed by atoms with van der Waals surface area (Å²) in [4.78, 5) is 20.6. The van der Waals surface area contributed by atoms with Crippen molar-refractivity contribution in [1.29, 1.82) is 0 Å². The third-order valence-electron chi connectivity index (χ3n) is 4.67. The molecule has 0 radical (unpaired) electrons. The largest absolute Gasteiger partial charge is 0.497 e. The van der Waals surface area contributed by atoms with Crippen molar-refractivity contribution in [3.63, 3.8) is 0 Å². The third kappa shape index (κ3) is 6.88. The number of methoxy groups -OCH3 is 1. The number of rotatable bonds is 8. The van der Waals surface area contributed by atoms with E-state index in [9.17, 15) is 18.7 Å². The van der Waals surface area contributed by atoms with Gasteiger partial charge in [-0.15, -0.1) is 0 Å². The van der Waals surface area contributed by atoms with E-state index >= 15 is 0 Å². The first kappa shape index (κ1) is 24.4. The second-order valence-corrected chi connectivity index (χ2v) is 7.07. The van der Waals surface area contributed by atoms with Gasteiger partial charge in [-0.1, -0.05) is 24.0 Å². The Kier molecular flexibility index (Phi) is 8.32. The van der Waals surface area contributed by atoms with Crippen molar-refractivity contribution in [2.75, 3.05) is 19.5 Å². The van der Waals surface area contributed by atoms with Crippen molar-refractivity contribution >= 4 is 11.9 Å². The van der Waals surface area contributed by atoms with E-state index in [-0.39, 0.29) is 29.4 Å². The number of nitrogens with one attached hydrogen (secondary N) is 1. The molecular weight excluding hydrogens is 446 g/mol. The average Bonchev–Trinajstić information content (AvgIpc) is 2.83. The van der Waals surface area contributed by atoms with Gasteiger partial charge in [-0.3, -0.25) is 4.79 Å². The zero-order valence-electron chi connectivity index (χ0n) is 18.2. The van der Waals surface area contributed by atoms with Gasteiger partial charge < -0.3 is 25.6 Å². The van der Waals surface area contributed by atoms with Gasteiger partial charge in [-0.25, -0.2) is 9.97 Å². The molecule has 0 aliphatic heterocycles. The number of nitrogen functional groups attached to an aromatic ring is 1. The Morgan fingerprint density at radius 3 is 2.41 bits per heavy atom. The number of aliphatic hydroxyl groups excluding tert-OH is 1. The SMILES string of the molecule is COc1ccc(C[C@@H](CO)NC(=O)c2ccc(OC(F)F)cc2C#Cc2cnc(N)nc2)cc1. The van der Waals surface area contributed by atoms with Gasteiger partial charge in [0.1, 0.15) is 11.5 Å². The minimum Gasteiger partial charge on any atom is -0.497 e. The average molecular weight is 468 g/mol. The van der Waals surface area contributed by atoms with Gasteiger partial charge in [0.25, 0.3) is 5.91 Å². The molecule has 1 heterocycles. The summed E-state index contributed by atoms with van der Waals surface area (Å²) in [5.74, 6) is 5.61. The molecule has 0 saturated carbocycles. The van der Waals surface area contributed by atoms with Crippen LogP contribution in [0.5, 0.6) is 11.5 Å². The summed E-state index contributed by atoms with van der Waals surface area (Å²) in [6, 6.07) is 10.4. The minimum atomic E-state index is -3.03. The topological polar surface area (TPSA) is 120 Å². The standard InChI is InChI=1S/C24H22F2N4O4/c1-33-19-6-3-15(4-7-19)10-18(14-31)30-22(32)21-9-8-20(34-23(25)26)11-17(21)5-2-16-12-28-24(27)29-13-16/h3-4,6-9,11-13,18,23,31H,10,14H2,1H3,(H,30,32)(H2,27,28,29)/t18-/m0/s1. The molecule has 0 aliphatic rings. The van der Waals surface area contributed by atoms with E-state index in [0.717, 1.165) is 5.56 Å². The van der Waals surface area contributed by atoms with Gasteiger partial charge in [0, 0.05) is 18.0 Å². The first-order valence-electron chi connectivity index (χ1n) is 10.1. The number of hydrogen-bond donors (Lipinski definition) is 3. The number of aromatic nitrogens is 2. The highest BCUT2D eigenvalue weighted by molar-refractivity contribution is 5.97. The smallest absolute Gasteiger partial charge is 0.387 e. The van der Waals surface area contributed by atoms with E-state index in [1.54, 1.807) is 19.2 Å². The summed E-state index contributed by atoms with van der Waals surface area (Å²) >= 11 is 0. The highest BCUT2D eigenvalue weighted by Crippen LogP contribution is 2.20. The van der Waals surface area contributed by atoms with E-state index < -0.39 is 18.6 Å². The monoisotopic (exact) mass is 468 g/mol. The first-order valence-corrected chi connectivity index (χ1v) is 10.1. The molecule has 0 spiro atoms. The molecule has 1 atom stereocenters.